The zero-order valence-corrected chi connectivity index (χ0v) is 7.96. The molecule has 0 bridgehead atoms. The Kier molecular flexibility index (Phi) is 3.74. The van der Waals surface area contributed by atoms with E-state index in [9.17, 15) is 13.6 Å². The fourth-order valence-corrected chi connectivity index (χ4v) is 0.942. The quantitative estimate of drug-likeness (QED) is 0.438. The fourth-order valence-electron chi connectivity index (χ4n) is 0.942. The molecule has 5 nitrogen and oxygen atoms in total. The van der Waals surface area contributed by atoms with E-state index in [1.807, 2.05) is 0 Å². The number of nitrogens with one attached hydrogen (secondary N) is 1. The van der Waals surface area contributed by atoms with E-state index in [0.717, 1.165) is 12.1 Å². The van der Waals surface area contributed by atoms with Crippen LogP contribution in [0.2, 0.25) is 0 Å². The normalized spacial score (nSPS) is 9.38. The number of carbonyl (C=O) groups is 1. The molecular formula is C9H7F2N3O2. The first-order valence-electron chi connectivity index (χ1n) is 4.10. The Morgan fingerprint density at radius 2 is 2.06 bits per heavy atom. The SMILES string of the molecule is N#Cc1cc(F)c(OCC(=O)NN)c(F)c1. The van der Waals surface area contributed by atoms with Crippen molar-refractivity contribution in [1.82, 2.24) is 5.43 Å². The summed E-state index contributed by atoms with van der Waals surface area (Å²) in [6.45, 7) is -0.615. The summed E-state index contributed by atoms with van der Waals surface area (Å²) >= 11 is 0. The van der Waals surface area contributed by atoms with Gasteiger partial charge in [0.15, 0.2) is 24.0 Å². The highest BCUT2D eigenvalue weighted by Crippen LogP contribution is 2.22. The van der Waals surface area contributed by atoms with Crippen molar-refractivity contribution >= 4 is 5.91 Å². The van der Waals surface area contributed by atoms with Crippen molar-refractivity contribution < 1.29 is 18.3 Å². The summed E-state index contributed by atoms with van der Waals surface area (Å²) < 4.78 is 30.9. The number of ether oxygens (including phenoxy) is 1. The number of nitriles is 1. The van der Waals surface area contributed by atoms with Gasteiger partial charge in [-0.25, -0.2) is 14.6 Å². The molecule has 3 N–H and O–H groups in total. The molecule has 1 rings (SSSR count). The first-order chi connectivity index (χ1) is 7.58. The van der Waals surface area contributed by atoms with Crippen molar-refractivity contribution in [2.45, 2.75) is 0 Å². The van der Waals surface area contributed by atoms with Crippen LogP contribution in [0.5, 0.6) is 5.75 Å². The molecule has 0 saturated carbocycles. The summed E-state index contributed by atoms with van der Waals surface area (Å²) in [5, 5.41) is 8.43. The van der Waals surface area contributed by atoms with E-state index in [2.05, 4.69) is 4.74 Å². The second kappa shape index (κ2) is 5.04. The number of rotatable bonds is 3. The minimum atomic E-state index is -1.05. The first-order valence-corrected chi connectivity index (χ1v) is 4.10. The number of hydrogen-bond donors (Lipinski definition) is 2. The van der Waals surface area contributed by atoms with Crippen LogP contribution < -0.4 is 16.0 Å². The van der Waals surface area contributed by atoms with Gasteiger partial charge in [0.25, 0.3) is 5.91 Å². The van der Waals surface area contributed by atoms with Crippen LogP contribution in [0.3, 0.4) is 0 Å². The highest BCUT2D eigenvalue weighted by molar-refractivity contribution is 5.76. The molecule has 0 atom stereocenters. The number of hydrogen-bond acceptors (Lipinski definition) is 4. The second-order valence-electron chi connectivity index (χ2n) is 2.74. The van der Waals surface area contributed by atoms with Crippen LogP contribution in [-0.2, 0) is 4.79 Å². The molecule has 7 heteroatoms. The van der Waals surface area contributed by atoms with Gasteiger partial charge in [-0.2, -0.15) is 5.26 Å². The highest BCUT2D eigenvalue weighted by Gasteiger charge is 2.13. The molecule has 0 spiro atoms. The number of nitrogens with zero attached hydrogens (tertiary/aromatic N) is 1. The van der Waals surface area contributed by atoms with Crippen LogP contribution in [0.4, 0.5) is 8.78 Å². The lowest BCUT2D eigenvalue weighted by Crippen LogP contribution is -2.34. The third kappa shape index (κ3) is 2.65. The van der Waals surface area contributed by atoms with Crippen LogP contribution in [0.25, 0.3) is 0 Å². The predicted molar refractivity (Wildman–Crippen MR) is 48.9 cm³/mol. The Morgan fingerprint density at radius 1 is 1.50 bits per heavy atom. The Morgan fingerprint density at radius 3 is 2.50 bits per heavy atom. The summed E-state index contributed by atoms with van der Waals surface area (Å²) in [7, 11) is 0. The van der Waals surface area contributed by atoms with E-state index in [1.165, 1.54) is 0 Å². The molecule has 0 aliphatic rings. The molecule has 0 fully saturated rings. The van der Waals surface area contributed by atoms with Gasteiger partial charge < -0.3 is 4.74 Å². The van der Waals surface area contributed by atoms with Crippen molar-refractivity contribution in [3.63, 3.8) is 0 Å². The number of hydrazine groups is 1. The lowest BCUT2D eigenvalue weighted by Gasteiger charge is -2.07. The third-order valence-corrected chi connectivity index (χ3v) is 1.64. The highest BCUT2D eigenvalue weighted by atomic mass is 19.1. The van der Waals surface area contributed by atoms with Crippen molar-refractivity contribution in [3.8, 4) is 11.8 Å². The van der Waals surface area contributed by atoms with E-state index >= 15 is 0 Å². The molecule has 0 unspecified atom stereocenters. The molecule has 0 aliphatic heterocycles. The van der Waals surface area contributed by atoms with E-state index in [0.29, 0.717) is 0 Å². The zero-order chi connectivity index (χ0) is 12.1. The average Bonchev–Trinajstić information content (AvgIpc) is 2.27. The summed E-state index contributed by atoms with van der Waals surface area (Å²) in [6.07, 6.45) is 0. The van der Waals surface area contributed by atoms with Gasteiger partial charge in [-0.1, -0.05) is 0 Å². The molecule has 1 aromatic carbocycles. The van der Waals surface area contributed by atoms with Gasteiger partial charge in [-0.05, 0) is 12.1 Å². The standard InChI is InChI=1S/C9H7F2N3O2/c10-6-1-5(3-12)2-7(11)9(6)16-4-8(15)14-13/h1-2H,4,13H2,(H,14,15). The van der Waals surface area contributed by atoms with E-state index in [4.69, 9.17) is 11.1 Å². The third-order valence-electron chi connectivity index (χ3n) is 1.64. The minimum Gasteiger partial charge on any atom is -0.478 e. The van der Waals surface area contributed by atoms with Gasteiger partial charge in [0.05, 0.1) is 11.6 Å². The number of amides is 1. The lowest BCUT2D eigenvalue weighted by atomic mass is 10.2. The molecule has 16 heavy (non-hydrogen) atoms. The van der Waals surface area contributed by atoms with Crippen LogP contribution in [0.15, 0.2) is 12.1 Å². The first kappa shape index (κ1) is 11.9. The lowest BCUT2D eigenvalue weighted by molar-refractivity contribution is -0.123. The molecule has 1 aromatic rings. The second-order valence-corrected chi connectivity index (χ2v) is 2.74. The Hall–Kier alpha value is -2.20. The van der Waals surface area contributed by atoms with Crippen molar-refractivity contribution in [1.29, 1.82) is 5.26 Å². The largest absolute Gasteiger partial charge is 0.478 e. The van der Waals surface area contributed by atoms with E-state index in [1.54, 1.807) is 11.5 Å². The van der Waals surface area contributed by atoms with Gasteiger partial charge in [-0.3, -0.25) is 10.2 Å². The van der Waals surface area contributed by atoms with Gasteiger partial charge in [0.1, 0.15) is 0 Å². The van der Waals surface area contributed by atoms with Crippen LogP contribution in [0.1, 0.15) is 5.56 Å². The summed E-state index contributed by atoms with van der Waals surface area (Å²) in [6, 6.07) is 3.19. The van der Waals surface area contributed by atoms with Crippen molar-refractivity contribution in [2.75, 3.05) is 6.61 Å². The number of carbonyl (C=O) groups excluding carboxylic acids is 1. The summed E-state index contributed by atoms with van der Waals surface area (Å²) in [5.74, 6) is 1.19. The summed E-state index contributed by atoms with van der Waals surface area (Å²) in [4.78, 5) is 10.7. The molecule has 84 valence electrons. The smallest absolute Gasteiger partial charge is 0.271 e. The molecule has 1 amide bonds. The fraction of sp³-hybridized carbons (Fsp3) is 0.111. The van der Waals surface area contributed by atoms with Gasteiger partial charge in [0.2, 0.25) is 0 Å². The number of halogens is 2. The van der Waals surface area contributed by atoms with E-state index in [-0.39, 0.29) is 5.56 Å². The molecule has 0 aromatic heterocycles. The minimum absolute atomic E-state index is 0.175. The molecule has 0 aliphatic carbocycles. The molecule has 0 heterocycles. The molecular weight excluding hydrogens is 220 g/mol. The van der Waals surface area contributed by atoms with Crippen LogP contribution in [-0.4, -0.2) is 12.5 Å². The topological polar surface area (TPSA) is 88.1 Å². The maximum Gasteiger partial charge on any atom is 0.271 e. The number of nitrogens with two attached hydrogens (primary N) is 1. The summed E-state index contributed by atoms with van der Waals surface area (Å²) in [5.41, 5.74) is 1.56. The number of benzene rings is 1. The molecule has 0 radical (unpaired) electrons. The Bertz CT molecular complexity index is 434. The Labute approximate surface area is 89.4 Å². The maximum absolute atomic E-state index is 13.2. The van der Waals surface area contributed by atoms with E-state index < -0.39 is 29.9 Å². The average molecular weight is 227 g/mol. The van der Waals surface area contributed by atoms with Gasteiger partial charge >= 0.3 is 0 Å². The predicted octanol–water partition coefficient (Wildman–Crippen LogP) is 0.205. The van der Waals surface area contributed by atoms with Gasteiger partial charge in [0, 0.05) is 0 Å². The van der Waals surface area contributed by atoms with Crippen molar-refractivity contribution in [2.24, 2.45) is 5.84 Å². The van der Waals surface area contributed by atoms with Crippen LogP contribution in [0, 0.1) is 23.0 Å². The zero-order valence-electron chi connectivity index (χ0n) is 7.96. The van der Waals surface area contributed by atoms with Crippen molar-refractivity contribution in [3.05, 3.63) is 29.3 Å². The Balaban J connectivity index is 2.89. The van der Waals surface area contributed by atoms with Crippen LogP contribution >= 0.6 is 0 Å². The molecule has 0 saturated heterocycles. The monoisotopic (exact) mass is 227 g/mol. The van der Waals surface area contributed by atoms with Gasteiger partial charge in [-0.15, -0.1) is 0 Å². The maximum atomic E-state index is 13.2.